The second-order valence-electron chi connectivity index (χ2n) is 6.97. The molecule has 0 spiro atoms. The summed E-state index contributed by atoms with van der Waals surface area (Å²) in [6.45, 7) is 6.07. The van der Waals surface area contributed by atoms with Crippen molar-refractivity contribution in [3.8, 4) is 17.0 Å². The highest BCUT2D eigenvalue weighted by Crippen LogP contribution is 2.36. The van der Waals surface area contributed by atoms with Gasteiger partial charge in [0.2, 0.25) is 0 Å². The number of nitrogens with zero attached hydrogens (tertiary/aromatic N) is 1. The lowest BCUT2D eigenvalue weighted by atomic mass is 10.0. The molecule has 7 nitrogen and oxygen atoms in total. The maximum Gasteiger partial charge on any atom is 0.413 e. The number of ether oxygens (including phenoxy) is 2. The van der Waals surface area contributed by atoms with Gasteiger partial charge in [-0.3, -0.25) is 10.1 Å². The summed E-state index contributed by atoms with van der Waals surface area (Å²) < 4.78 is 10.5. The number of thiazole rings is 1. The molecule has 8 heteroatoms. The number of rotatable bonds is 8. The van der Waals surface area contributed by atoms with Crippen LogP contribution in [0, 0.1) is 0 Å². The average molecular weight is 440 g/mol. The third kappa shape index (κ3) is 6.29. The van der Waals surface area contributed by atoms with Gasteiger partial charge in [0.15, 0.2) is 11.7 Å². The zero-order chi connectivity index (χ0) is 22.2. The molecule has 0 saturated carbocycles. The van der Waals surface area contributed by atoms with E-state index >= 15 is 0 Å². The van der Waals surface area contributed by atoms with E-state index in [4.69, 9.17) is 9.47 Å². The minimum atomic E-state index is -0.595. The summed E-state index contributed by atoms with van der Waals surface area (Å²) in [6, 6.07) is 17.1. The van der Waals surface area contributed by atoms with E-state index < -0.39 is 6.09 Å². The predicted octanol–water partition coefficient (Wildman–Crippen LogP) is 5.52. The Balaban J connectivity index is 1.70. The van der Waals surface area contributed by atoms with E-state index in [9.17, 15) is 9.59 Å². The van der Waals surface area contributed by atoms with Gasteiger partial charge < -0.3 is 14.8 Å². The van der Waals surface area contributed by atoms with Crippen molar-refractivity contribution in [2.45, 2.75) is 26.7 Å². The monoisotopic (exact) mass is 439 g/mol. The van der Waals surface area contributed by atoms with E-state index in [2.05, 4.69) is 29.5 Å². The van der Waals surface area contributed by atoms with Crippen molar-refractivity contribution in [3.05, 3.63) is 60.2 Å². The zero-order valence-corrected chi connectivity index (χ0v) is 18.5. The fraction of sp³-hybridized carbons (Fsp3) is 0.261. The molecule has 0 saturated heterocycles. The molecule has 2 aromatic carbocycles. The van der Waals surface area contributed by atoms with Gasteiger partial charge in [0, 0.05) is 5.56 Å². The fourth-order valence-corrected chi connectivity index (χ4v) is 3.65. The molecule has 1 aromatic heterocycles. The summed E-state index contributed by atoms with van der Waals surface area (Å²) >= 11 is 1.15. The Morgan fingerprint density at radius 3 is 2.39 bits per heavy atom. The SMILES string of the molecule is CCOC(=O)Nc1nc(-c2ccccc2)c(NC(=O)COc2ccc(C(C)C)cc2)s1. The number of nitrogens with one attached hydrogen (secondary N) is 2. The highest BCUT2D eigenvalue weighted by molar-refractivity contribution is 7.20. The second-order valence-corrected chi connectivity index (χ2v) is 7.97. The van der Waals surface area contributed by atoms with E-state index in [1.54, 1.807) is 6.92 Å². The van der Waals surface area contributed by atoms with Gasteiger partial charge in [-0.15, -0.1) is 0 Å². The molecule has 2 amide bonds. The number of hydrogen-bond acceptors (Lipinski definition) is 6. The molecule has 31 heavy (non-hydrogen) atoms. The van der Waals surface area contributed by atoms with E-state index in [1.807, 2.05) is 54.6 Å². The van der Waals surface area contributed by atoms with Crippen LogP contribution in [-0.2, 0) is 9.53 Å². The van der Waals surface area contributed by atoms with Crippen LogP contribution in [0.4, 0.5) is 14.9 Å². The summed E-state index contributed by atoms with van der Waals surface area (Å²) in [4.78, 5) is 28.7. The number of hydrogen-bond donors (Lipinski definition) is 2. The number of aromatic nitrogens is 1. The molecular weight excluding hydrogens is 414 g/mol. The molecule has 0 radical (unpaired) electrons. The van der Waals surface area contributed by atoms with E-state index in [1.165, 1.54) is 5.56 Å². The van der Waals surface area contributed by atoms with Crippen LogP contribution in [0.25, 0.3) is 11.3 Å². The summed E-state index contributed by atoms with van der Waals surface area (Å²) in [5.74, 6) is 0.728. The second kappa shape index (κ2) is 10.6. The number of anilines is 2. The Bertz CT molecular complexity index is 1020. The summed E-state index contributed by atoms with van der Waals surface area (Å²) in [5, 5.41) is 6.26. The number of carbonyl (C=O) groups is 2. The average Bonchev–Trinajstić information content (AvgIpc) is 3.15. The Labute approximate surface area is 185 Å². The van der Waals surface area contributed by atoms with Crippen molar-refractivity contribution in [3.63, 3.8) is 0 Å². The molecular formula is C23H25N3O4S. The summed E-state index contributed by atoms with van der Waals surface area (Å²) in [5.41, 5.74) is 2.58. The lowest BCUT2D eigenvalue weighted by Gasteiger charge is -2.09. The van der Waals surface area contributed by atoms with E-state index in [0.29, 0.717) is 27.5 Å². The largest absolute Gasteiger partial charge is 0.484 e. The third-order valence-corrected chi connectivity index (χ3v) is 5.21. The van der Waals surface area contributed by atoms with Crippen LogP contribution < -0.4 is 15.4 Å². The first-order valence-electron chi connectivity index (χ1n) is 9.99. The first-order valence-corrected chi connectivity index (χ1v) is 10.8. The lowest BCUT2D eigenvalue weighted by Crippen LogP contribution is -2.20. The van der Waals surface area contributed by atoms with E-state index in [0.717, 1.165) is 16.9 Å². The van der Waals surface area contributed by atoms with Crippen molar-refractivity contribution in [1.29, 1.82) is 0 Å². The highest BCUT2D eigenvalue weighted by Gasteiger charge is 2.17. The molecule has 0 fully saturated rings. The van der Waals surface area contributed by atoms with Gasteiger partial charge in [0.05, 0.1) is 6.61 Å². The summed E-state index contributed by atoms with van der Waals surface area (Å²) in [6.07, 6.45) is -0.595. The van der Waals surface area contributed by atoms with Crippen molar-refractivity contribution < 1.29 is 19.1 Å². The number of carbonyl (C=O) groups excluding carboxylic acids is 2. The number of benzene rings is 2. The van der Waals surface area contributed by atoms with Crippen LogP contribution in [0.3, 0.4) is 0 Å². The summed E-state index contributed by atoms with van der Waals surface area (Å²) in [7, 11) is 0. The third-order valence-electron chi connectivity index (χ3n) is 4.33. The predicted molar refractivity (Wildman–Crippen MR) is 123 cm³/mol. The van der Waals surface area contributed by atoms with Crippen molar-refractivity contribution in [2.75, 3.05) is 23.8 Å². The minimum Gasteiger partial charge on any atom is -0.484 e. The first-order chi connectivity index (χ1) is 15.0. The smallest absolute Gasteiger partial charge is 0.413 e. The van der Waals surface area contributed by atoms with Gasteiger partial charge >= 0.3 is 6.09 Å². The minimum absolute atomic E-state index is 0.145. The van der Waals surface area contributed by atoms with Crippen molar-refractivity contribution in [1.82, 2.24) is 4.98 Å². The van der Waals surface area contributed by atoms with E-state index in [-0.39, 0.29) is 19.1 Å². The van der Waals surface area contributed by atoms with Crippen molar-refractivity contribution in [2.24, 2.45) is 0 Å². The van der Waals surface area contributed by atoms with Crippen LogP contribution in [0.15, 0.2) is 54.6 Å². The zero-order valence-electron chi connectivity index (χ0n) is 17.7. The Morgan fingerprint density at radius 2 is 1.74 bits per heavy atom. The molecule has 162 valence electrons. The Hall–Kier alpha value is -3.39. The maximum absolute atomic E-state index is 12.5. The van der Waals surface area contributed by atoms with Crippen LogP contribution in [0.1, 0.15) is 32.3 Å². The van der Waals surface area contributed by atoms with Gasteiger partial charge in [-0.1, -0.05) is 67.6 Å². The van der Waals surface area contributed by atoms with Crippen LogP contribution >= 0.6 is 11.3 Å². The molecule has 0 aliphatic rings. The normalized spacial score (nSPS) is 10.6. The van der Waals surface area contributed by atoms with Gasteiger partial charge in [-0.25, -0.2) is 9.78 Å². The molecule has 0 atom stereocenters. The molecule has 0 aliphatic heterocycles. The molecule has 3 rings (SSSR count). The van der Waals surface area contributed by atoms with Crippen molar-refractivity contribution >= 4 is 33.5 Å². The Kier molecular flexibility index (Phi) is 7.61. The molecule has 3 aromatic rings. The molecule has 1 heterocycles. The van der Waals surface area contributed by atoms with Gasteiger partial charge in [-0.2, -0.15) is 0 Å². The quantitative estimate of drug-likeness (QED) is 0.482. The molecule has 0 bridgehead atoms. The van der Waals surface area contributed by atoms with Crippen LogP contribution in [0.2, 0.25) is 0 Å². The van der Waals surface area contributed by atoms with Crippen LogP contribution in [0.5, 0.6) is 5.75 Å². The molecule has 0 unspecified atom stereocenters. The maximum atomic E-state index is 12.5. The highest BCUT2D eigenvalue weighted by atomic mass is 32.1. The Morgan fingerprint density at radius 1 is 1.03 bits per heavy atom. The molecule has 0 aliphatic carbocycles. The standard InChI is InChI=1S/C23H25N3O4S/c1-4-29-23(28)26-22-25-20(17-8-6-5-7-9-17)21(31-22)24-19(27)14-30-18-12-10-16(11-13-18)15(2)3/h5-13,15H,4,14H2,1-3H3,(H,24,27)(H,25,26,28). The first kappa shape index (κ1) is 22.3. The van der Waals surface area contributed by atoms with Crippen LogP contribution in [-0.4, -0.2) is 30.2 Å². The fourth-order valence-electron chi connectivity index (χ4n) is 2.77. The lowest BCUT2D eigenvalue weighted by molar-refractivity contribution is -0.118. The topological polar surface area (TPSA) is 89.5 Å². The molecule has 2 N–H and O–H groups in total. The van der Waals surface area contributed by atoms with Gasteiger partial charge in [0.1, 0.15) is 16.4 Å². The van der Waals surface area contributed by atoms with Gasteiger partial charge in [0.25, 0.3) is 5.91 Å². The number of amides is 2. The van der Waals surface area contributed by atoms with Gasteiger partial charge in [-0.05, 0) is 30.5 Å².